The smallest absolute Gasteiger partial charge is 0.315 e. The molecule has 1 aliphatic carbocycles. The van der Waals surface area contributed by atoms with E-state index in [9.17, 15) is 9.59 Å². The van der Waals surface area contributed by atoms with Gasteiger partial charge in [-0.05, 0) is 48.4 Å². The van der Waals surface area contributed by atoms with Crippen LogP contribution in [0.1, 0.15) is 56.6 Å². The predicted octanol–water partition coefficient (Wildman–Crippen LogP) is 5.48. The van der Waals surface area contributed by atoms with Crippen molar-refractivity contribution >= 4 is 17.5 Å². The number of allylic oxidation sites excluding steroid dienone is 2. The molecule has 0 bridgehead atoms. The quantitative estimate of drug-likeness (QED) is 0.496. The Kier molecular flexibility index (Phi) is 7.39. The Morgan fingerprint density at radius 1 is 1.00 bits per heavy atom. The summed E-state index contributed by atoms with van der Waals surface area (Å²) in [6.07, 6.45) is 1.04. The number of hydrogen-bond acceptors (Lipinski definition) is 6. The number of methoxy groups -OCH3 is 2. The molecule has 0 fully saturated rings. The molecule has 6 nitrogen and oxygen atoms in total. The largest absolute Gasteiger partial charge is 0.493 e. The number of ether oxygens (including phenoxy) is 3. The van der Waals surface area contributed by atoms with E-state index in [0.29, 0.717) is 42.2 Å². The Bertz CT molecular complexity index is 1160. The van der Waals surface area contributed by atoms with Gasteiger partial charge in [-0.1, -0.05) is 50.2 Å². The molecule has 1 aliphatic heterocycles. The highest BCUT2D eigenvalue weighted by atomic mass is 16.5. The third kappa shape index (κ3) is 5.02. The summed E-state index contributed by atoms with van der Waals surface area (Å²) in [4.78, 5) is 31.9. The van der Waals surface area contributed by atoms with Crippen LogP contribution in [0.5, 0.6) is 11.5 Å². The van der Waals surface area contributed by atoms with Crippen LogP contribution in [0.2, 0.25) is 0 Å². The van der Waals surface area contributed by atoms with Crippen molar-refractivity contribution in [2.75, 3.05) is 20.8 Å². The Labute approximate surface area is 207 Å². The van der Waals surface area contributed by atoms with Gasteiger partial charge in [0, 0.05) is 29.3 Å². The molecule has 184 valence electrons. The highest BCUT2D eigenvalue weighted by Crippen LogP contribution is 2.48. The Morgan fingerprint density at radius 3 is 2.37 bits per heavy atom. The summed E-state index contributed by atoms with van der Waals surface area (Å²) in [5, 5.41) is 0. The van der Waals surface area contributed by atoms with Crippen LogP contribution in [0.4, 0.5) is 0 Å². The van der Waals surface area contributed by atoms with Crippen LogP contribution in [0.3, 0.4) is 0 Å². The van der Waals surface area contributed by atoms with E-state index >= 15 is 0 Å². The normalized spacial score (nSPS) is 21.9. The number of rotatable bonds is 7. The first kappa shape index (κ1) is 24.7. The summed E-state index contributed by atoms with van der Waals surface area (Å²) in [5.41, 5.74) is 3.98. The first-order valence-electron chi connectivity index (χ1n) is 12.1. The van der Waals surface area contributed by atoms with E-state index in [4.69, 9.17) is 19.2 Å². The number of Topliss-reactive ketones (excluding diaryl/α,β-unsaturated/α-hetero) is 1. The molecule has 2 aliphatic rings. The third-order valence-electron chi connectivity index (χ3n) is 6.74. The lowest BCUT2D eigenvalue weighted by atomic mass is 9.69. The van der Waals surface area contributed by atoms with Crippen LogP contribution >= 0.6 is 0 Å². The second-order valence-corrected chi connectivity index (χ2v) is 9.65. The van der Waals surface area contributed by atoms with E-state index in [2.05, 4.69) is 12.1 Å². The fourth-order valence-corrected chi connectivity index (χ4v) is 5.07. The molecule has 4 rings (SSSR count). The first-order valence-corrected chi connectivity index (χ1v) is 12.1. The van der Waals surface area contributed by atoms with Crippen LogP contribution in [0.25, 0.3) is 0 Å². The predicted molar refractivity (Wildman–Crippen MR) is 135 cm³/mol. The standard InChI is InChI=1S/C29H33NO5/c1-17(2)16-35-29(32)26-18(3)30-22-13-21(19-9-7-6-8-10-19)14-23(31)28(22)27(26)20-11-12-24(33-4)25(15-20)34-5/h6-12,15,17,21,26-27H,13-14,16H2,1-5H3/t21-,26?,27-/m0/s1. The molecular weight excluding hydrogens is 442 g/mol. The zero-order chi connectivity index (χ0) is 25.1. The molecule has 0 saturated carbocycles. The summed E-state index contributed by atoms with van der Waals surface area (Å²) in [7, 11) is 3.15. The molecule has 1 unspecified atom stereocenters. The SMILES string of the molecule is COc1ccc([C@@H]2C3=C(C[C@H](c4ccccc4)CC3=O)N=C(C)C2C(=O)OCC(C)C)cc1OC. The molecule has 0 saturated heterocycles. The molecular formula is C29H33NO5. The van der Waals surface area contributed by atoms with Gasteiger partial charge < -0.3 is 14.2 Å². The third-order valence-corrected chi connectivity index (χ3v) is 6.74. The molecule has 0 amide bonds. The zero-order valence-corrected chi connectivity index (χ0v) is 21.0. The van der Waals surface area contributed by atoms with Crippen molar-refractivity contribution in [3.63, 3.8) is 0 Å². The van der Waals surface area contributed by atoms with E-state index in [1.54, 1.807) is 14.2 Å². The lowest BCUT2D eigenvalue weighted by Gasteiger charge is -2.36. The molecule has 35 heavy (non-hydrogen) atoms. The number of esters is 1. The summed E-state index contributed by atoms with van der Waals surface area (Å²) >= 11 is 0. The number of benzene rings is 2. The van der Waals surface area contributed by atoms with Crippen LogP contribution in [-0.4, -0.2) is 38.3 Å². The van der Waals surface area contributed by atoms with Gasteiger partial charge in [0.15, 0.2) is 17.3 Å². The molecule has 0 aromatic heterocycles. The van der Waals surface area contributed by atoms with E-state index in [-0.39, 0.29) is 23.6 Å². The number of ketones is 1. The number of carbonyl (C=O) groups excluding carboxylic acids is 2. The maximum Gasteiger partial charge on any atom is 0.315 e. The summed E-state index contributed by atoms with van der Waals surface area (Å²) in [6.45, 7) is 6.17. The van der Waals surface area contributed by atoms with E-state index in [1.807, 2.05) is 57.2 Å². The minimum atomic E-state index is -0.678. The van der Waals surface area contributed by atoms with Gasteiger partial charge in [-0.15, -0.1) is 0 Å². The lowest BCUT2D eigenvalue weighted by molar-refractivity contribution is -0.147. The summed E-state index contributed by atoms with van der Waals surface area (Å²) in [6, 6.07) is 15.6. The number of nitrogens with zero attached hydrogens (tertiary/aromatic N) is 1. The van der Waals surface area contributed by atoms with Crippen LogP contribution in [0, 0.1) is 11.8 Å². The number of carbonyl (C=O) groups is 2. The second-order valence-electron chi connectivity index (χ2n) is 9.65. The number of aliphatic imine (C=N–C) groups is 1. The van der Waals surface area contributed by atoms with Gasteiger partial charge in [0.05, 0.1) is 20.8 Å². The topological polar surface area (TPSA) is 74.2 Å². The van der Waals surface area contributed by atoms with E-state index in [0.717, 1.165) is 16.8 Å². The fourth-order valence-electron chi connectivity index (χ4n) is 5.07. The Morgan fingerprint density at radius 2 is 1.71 bits per heavy atom. The lowest BCUT2D eigenvalue weighted by Crippen LogP contribution is -2.38. The van der Waals surface area contributed by atoms with Gasteiger partial charge in [-0.25, -0.2) is 0 Å². The molecule has 0 spiro atoms. The zero-order valence-electron chi connectivity index (χ0n) is 21.0. The van der Waals surface area contributed by atoms with Crippen LogP contribution in [0.15, 0.2) is 64.8 Å². The van der Waals surface area contributed by atoms with Crippen molar-refractivity contribution in [1.82, 2.24) is 0 Å². The van der Waals surface area contributed by atoms with Gasteiger partial charge in [0.2, 0.25) is 0 Å². The fraction of sp³-hybridized carbons (Fsp3) is 0.414. The Hall–Kier alpha value is -3.41. The molecule has 0 N–H and O–H groups in total. The maximum atomic E-state index is 13.7. The van der Waals surface area contributed by atoms with Crippen molar-refractivity contribution in [3.8, 4) is 11.5 Å². The Balaban J connectivity index is 1.80. The van der Waals surface area contributed by atoms with Crippen molar-refractivity contribution in [1.29, 1.82) is 0 Å². The average molecular weight is 476 g/mol. The molecule has 3 atom stereocenters. The molecule has 6 heteroatoms. The minimum Gasteiger partial charge on any atom is -0.493 e. The van der Waals surface area contributed by atoms with E-state index in [1.165, 1.54) is 0 Å². The second kappa shape index (κ2) is 10.5. The van der Waals surface area contributed by atoms with Crippen LogP contribution in [-0.2, 0) is 14.3 Å². The number of hydrogen-bond donors (Lipinski definition) is 0. The van der Waals surface area contributed by atoms with Crippen molar-refractivity contribution in [3.05, 3.63) is 70.9 Å². The van der Waals surface area contributed by atoms with Gasteiger partial charge in [0.25, 0.3) is 0 Å². The first-order chi connectivity index (χ1) is 16.8. The molecule has 2 aromatic carbocycles. The van der Waals surface area contributed by atoms with Crippen molar-refractivity contribution in [2.24, 2.45) is 16.8 Å². The molecule has 1 heterocycles. The van der Waals surface area contributed by atoms with Crippen molar-refractivity contribution in [2.45, 2.75) is 45.4 Å². The van der Waals surface area contributed by atoms with Gasteiger partial charge in [-0.2, -0.15) is 0 Å². The summed E-state index contributed by atoms with van der Waals surface area (Å²) in [5.74, 6) is -0.0978. The molecule has 0 radical (unpaired) electrons. The van der Waals surface area contributed by atoms with Crippen molar-refractivity contribution < 1.29 is 23.8 Å². The highest BCUT2D eigenvalue weighted by Gasteiger charge is 2.45. The van der Waals surface area contributed by atoms with Gasteiger partial charge in [0.1, 0.15) is 5.92 Å². The average Bonchev–Trinajstić information content (AvgIpc) is 2.86. The minimum absolute atomic E-state index is 0.0257. The van der Waals surface area contributed by atoms with Gasteiger partial charge >= 0.3 is 5.97 Å². The van der Waals surface area contributed by atoms with Crippen LogP contribution < -0.4 is 9.47 Å². The van der Waals surface area contributed by atoms with E-state index < -0.39 is 11.8 Å². The monoisotopic (exact) mass is 475 g/mol. The maximum absolute atomic E-state index is 13.7. The van der Waals surface area contributed by atoms with Gasteiger partial charge in [-0.3, -0.25) is 14.6 Å². The molecule has 2 aromatic rings. The summed E-state index contributed by atoms with van der Waals surface area (Å²) < 4.78 is 16.6. The highest BCUT2D eigenvalue weighted by molar-refractivity contribution is 6.09.